The lowest BCUT2D eigenvalue weighted by molar-refractivity contribution is -0.140. The van der Waals surface area contributed by atoms with Crippen molar-refractivity contribution in [3.05, 3.63) is 0 Å². The van der Waals surface area contributed by atoms with Crippen molar-refractivity contribution >= 4 is 16.2 Å². The van der Waals surface area contributed by atoms with Crippen LogP contribution >= 0.6 is 0 Å². The molecule has 1 rings (SSSR count). The summed E-state index contributed by atoms with van der Waals surface area (Å²) in [5.74, 6) is -0.418. The van der Waals surface area contributed by atoms with Crippen molar-refractivity contribution in [2.75, 3.05) is 40.8 Å². The van der Waals surface area contributed by atoms with Crippen LogP contribution in [-0.4, -0.2) is 70.5 Å². The van der Waals surface area contributed by atoms with Crippen molar-refractivity contribution in [2.45, 2.75) is 31.7 Å². The highest BCUT2D eigenvalue weighted by Crippen LogP contribution is 2.14. The van der Waals surface area contributed by atoms with Crippen LogP contribution in [0.4, 0.5) is 0 Å². The maximum atomic E-state index is 12.0. The third-order valence-electron chi connectivity index (χ3n) is 3.69. The Morgan fingerprint density at radius 1 is 1.45 bits per heavy atom. The zero-order chi connectivity index (χ0) is 15.2. The summed E-state index contributed by atoms with van der Waals surface area (Å²) in [5, 5.41) is 0. The lowest BCUT2D eigenvalue weighted by Crippen LogP contribution is -2.47. The average molecular weight is 307 g/mol. The van der Waals surface area contributed by atoms with Crippen LogP contribution in [0.1, 0.15) is 25.7 Å². The molecule has 118 valence electrons. The number of ether oxygens (including phenoxy) is 1. The number of esters is 1. The third kappa shape index (κ3) is 5.35. The van der Waals surface area contributed by atoms with Crippen LogP contribution in [0, 0.1) is 0 Å². The molecule has 0 saturated carbocycles. The minimum absolute atomic E-state index is 0.0528. The number of piperidine rings is 1. The Morgan fingerprint density at radius 3 is 2.75 bits per heavy atom. The number of carbonyl (C=O) groups is 1. The zero-order valence-corrected chi connectivity index (χ0v) is 13.3. The first-order chi connectivity index (χ1) is 9.36. The van der Waals surface area contributed by atoms with Gasteiger partial charge < -0.3 is 9.64 Å². The van der Waals surface area contributed by atoms with Crippen molar-refractivity contribution in [3.63, 3.8) is 0 Å². The molecule has 0 aliphatic carbocycles. The fourth-order valence-electron chi connectivity index (χ4n) is 2.18. The number of carbonyl (C=O) groups excluding carboxylic acids is 1. The van der Waals surface area contributed by atoms with E-state index in [1.807, 2.05) is 7.05 Å². The fourth-order valence-corrected chi connectivity index (χ4v) is 3.14. The lowest BCUT2D eigenvalue weighted by atomic mass is 10.0. The molecule has 1 atom stereocenters. The van der Waals surface area contributed by atoms with E-state index in [9.17, 15) is 13.2 Å². The lowest BCUT2D eigenvalue weighted by Gasteiger charge is -2.32. The highest BCUT2D eigenvalue weighted by atomic mass is 32.2. The second kappa shape index (κ2) is 7.92. The highest BCUT2D eigenvalue weighted by molar-refractivity contribution is 7.87. The molecular weight excluding hydrogens is 282 g/mol. The standard InChI is InChI=1S/C12H25N3O4S/c1-14-8-5-4-6-11(14)10-13-20(17,18)15(2)9-7-12(16)19-3/h11,13H,4-10H2,1-3H3. The first-order valence-electron chi connectivity index (χ1n) is 6.85. The molecule has 1 saturated heterocycles. The van der Waals surface area contributed by atoms with Gasteiger partial charge in [-0.3, -0.25) is 4.79 Å². The monoisotopic (exact) mass is 307 g/mol. The average Bonchev–Trinajstić information content (AvgIpc) is 2.43. The van der Waals surface area contributed by atoms with Gasteiger partial charge in [0.15, 0.2) is 0 Å². The molecule has 0 spiro atoms. The molecular formula is C12H25N3O4S. The quantitative estimate of drug-likeness (QED) is 0.659. The van der Waals surface area contributed by atoms with Gasteiger partial charge in [0, 0.05) is 26.2 Å². The van der Waals surface area contributed by atoms with E-state index in [1.165, 1.54) is 20.6 Å². The minimum atomic E-state index is -3.54. The molecule has 1 aliphatic rings. The number of rotatable bonds is 7. The number of hydrogen-bond acceptors (Lipinski definition) is 5. The van der Waals surface area contributed by atoms with Gasteiger partial charge in [-0.05, 0) is 26.4 Å². The van der Waals surface area contributed by atoms with E-state index in [0.717, 1.165) is 23.7 Å². The third-order valence-corrected chi connectivity index (χ3v) is 5.23. The number of nitrogens with one attached hydrogen (secondary N) is 1. The maximum Gasteiger partial charge on any atom is 0.306 e. The molecule has 8 heteroatoms. The molecule has 0 radical (unpaired) electrons. The second-order valence-electron chi connectivity index (χ2n) is 5.13. The van der Waals surface area contributed by atoms with E-state index in [4.69, 9.17) is 0 Å². The van der Waals surface area contributed by atoms with Crippen LogP contribution in [-0.2, 0) is 19.7 Å². The molecule has 0 aromatic carbocycles. The van der Waals surface area contributed by atoms with Gasteiger partial charge >= 0.3 is 5.97 Å². The van der Waals surface area contributed by atoms with Gasteiger partial charge in [0.25, 0.3) is 10.2 Å². The Bertz CT molecular complexity index is 413. The van der Waals surface area contributed by atoms with E-state index in [0.29, 0.717) is 6.54 Å². The van der Waals surface area contributed by atoms with E-state index in [1.54, 1.807) is 0 Å². The van der Waals surface area contributed by atoms with Gasteiger partial charge in [-0.25, -0.2) is 4.72 Å². The summed E-state index contributed by atoms with van der Waals surface area (Å²) in [7, 11) is 1.21. The zero-order valence-electron chi connectivity index (χ0n) is 12.5. The molecule has 1 heterocycles. The number of hydrogen-bond donors (Lipinski definition) is 1. The van der Waals surface area contributed by atoms with Crippen LogP contribution in [0.15, 0.2) is 0 Å². The smallest absolute Gasteiger partial charge is 0.306 e. The van der Waals surface area contributed by atoms with E-state index >= 15 is 0 Å². The van der Waals surface area contributed by atoms with Gasteiger partial charge in [0.1, 0.15) is 0 Å². The number of methoxy groups -OCH3 is 1. The van der Waals surface area contributed by atoms with Crippen molar-refractivity contribution in [3.8, 4) is 0 Å². The predicted octanol–water partition coefficient (Wildman–Crippen LogP) is -0.200. The molecule has 0 amide bonds. The number of nitrogens with zero attached hydrogens (tertiary/aromatic N) is 2. The number of likely N-dealkylation sites (tertiary alicyclic amines) is 1. The molecule has 7 nitrogen and oxygen atoms in total. The predicted molar refractivity (Wildman–Crippen MR) is 76.5 cm³/mol. The molecule has 1 unspecified atom stereocenters. The second-order valence-corrected chi connectivity index (χ2v) is 6.99. The normalized spacial score (nSPS) is 21.1. The Balaban J connectivity index is 2.41. The summed E-state index contributed by atoms with van der Waals surface area (Å²) in [5.41, 5.74) is 0. The van der Waals surface area contributed by atoms with E-state index in [-0.39, 0.29) is 19.0 Å². The van der Waals surface area contributed by atoms with Gasteiger partial charge in [0.2, 0.25) is 0 Å². The highest BCUT2D eigenvalue weighted by Gasteiger charge is 2.23. The van der Waals surface area contributed by atoms with Crippen molar-refractivity contribution in [1.82, 2.24) is 13.9 Å². The van der Waals surface area contributed by atoms with Crippen LogP contribution in [0.3, 0.4) is 0 Å². The molecule has 1 N–H and O–H groups in total. The van der Waals surface area contributed by atoms with Crippen LogP contribution in [0.5, 0.6) is 0 Å². The molecule has 1 aliphatic heterocycles. The Morgan fingerprint density at radius 2 is 2.15 bits per heavy atom. The van der Waals surface area contributed by atoms with Crippen molar-refractivity contribution < 1.29 is 17.9 Å². The summed E-state index contributed by atoms with van der Waals surface area (Å²) in [6.07, 6.45) is 3.36. The number of likely N-dealkylation sites (N-methyl/N-ethyl adjacent to an activating group) is 1. The molecule has 0 bridgehead atoms. The maximum absolute atomic E-state index is 12.0. The topological polar surface area (TPSA) is 78.9 Å². The van der Waals surface area contributed by atoms with Gasteiger partial charge in [-0.15, -0.1) is 0 Å². The van der Waals surface area contributed by atoms with Gasteiger partial charge in [-0.1, -0.05) is 6.42 Å². The molecule has 0 aromatic heterocycles. The molecule has 1 fully saturated rings. The Kier molecular flexibility index (Phi) is 6.87. The van der Waals surface area contributed by atoms with Crippen molar-refractivity contribution in [1.29, 1.82) is 0 Å². The van der Waals surface area contributed by atoms with Crippen LogP contribution in [0.25, 0.3) is 0 Å². The minimum Gasteiger partial charge on any atom is -0.469 e. The molecule has 20 heavy (non-hydrogen) atoms. The first kappa shape index (κ1) is 17.4. The van der Waals surface area contributed by atoms with E-state index in [2.05, 4.69) is 14.4 Å². The van der Waals surface area contributed by atoms with Gasteiger partial charge in [-0.2, -0.15) is 12.7 Å². The summed E-state index contributed by atoms with van der Waals surface area (Å²) >= 11 is 0. The Hall–Kier alpha value is -0.700. The van der Waals surface area contributed by atoms with Crippen LogP contribution < -0.4 is 4.72 Å². The SMILES string of the molecule is COC(=O)CCN(C)S(=O)(=O)NCC1CCCCN1C. The molecule has 0 aromatic rings. The summed E-state index contributed by atoms with van der Waals surface area (Å²) < 4.78 is 32.3. The Labute approximate surface area is 121 Å². The largest absolute Gasteiger partial charge is 0.469 e. The summed E-state index contributed by atoms with van der Waals surface area (Å²) in [6.45, 7) is 1.52. The van der Waals surface area contributed by atoms with Crippen molar-refractivity contribution in [2.24, 2.45) is 0 Å². The van der Waals surface area contributed by atoms with Crippen LogP contribution in [0.2, 0.25) is 0 Å². The first-order valence-corrected chi connectivity index (χ1v) is 8.29. The summed E-state index contributed by atoms with van der Waals surface area (Å²) in [6, 6.07) is 0.243. The fraction of sp³-hybridized carbons (Fsp3) is 0.917. The van der Waals surface area contributed by atoms with Gasteiger partial charge in [0.05, 0.1) is 13.5 Å². The summed E-state index contributed by atoms with van der Waals surface area (Å²) in [4.78, 5) is 13.2. The van der Waals surface area contributed by atoms with E-state index < -0.39 is 16.2 Å².